The second-order valence-corrected chi connectivity index (χ2v) is 4.55. The number of carbonyl (C=O) groups is 1. The van der Waals surface area contributed by atoms with Crippen LogP contribution in [0.3, 0.4) is 0 Å². The van der Waals surface area contributed by atoms with Crippen LogP contribution in [0, 0.1) is 0 Å². The van der Waals surface area contributed by atoms with Gasteiger partial charge in [0, 0.05) is 17.8 Å². The molecule has 0 saturated heterocycles. The number of hydrogen-bond acceptors (Lipinski definition) is 4. The molecule has 7 heteroatoms. The first-order chi connectivity index (χ1) is 10.1. The Morgan fingerprint density at radius 2 is 2.05 bits per heavy atom. The molecule has 0 amide bonds. The molecule has 0 radical (unpaired) electrons. The van der Waals surface area contributed by atoms with Crippen molar-refractivity contribution >= 4 is 11.8 Å². The number of rotatable bonds is 4. The van der Waals surface area contributed by atoms with Gasteiger partial charge in [0.05, 0.1) is 18.4 Å². The molecule has 21 heavy (non-hydrogen) atoms. The minimum absolute atomic E-state index is 0.0667. The summed E-state index contributed by atoms with van der Waals surface area (Å²) >= 11 is 0. The molecule has 3 N–H and O–H groups in total. The van der Waals surface area contributed by atoms with Crippen molar-refractivity contribution in [2.75, 3.05) is 5.73 Å². The van der Waals surface area contributed by atoms with Gasteiger partial charge in [0.1, 0.15) is 5.82 Å². The van der Waals surface area contributed by atoms with E-state index >= 15 is 0 Å². The second-order valence-electron chi connectivity index (χ2n) is 4.55. The topological polar surface area (TPSA) is 99.0 Å². The largest absolute Gasteiger partial charge is 0.476 e. The van der Waals surface area contributed by atoms with Crippen LogP contribution in [-0.4, -0.2) is 30.6 Å². The van der Waals surface area contributed by atoms with E-state index in [4.69, 9.17) is 10.8 Å². The van der Waals surface area contributed by atoms with Crippen LogP contribution in [0.5, 0.6) is 0 Å². The number of hydrogen-bond donors (Lipinski definition) is 2. The number of anilines is 1. The lowest BCUT2D eigenvalue weighted by Gasteiger charge is -2.01. The maximum absolute atomic E-state index is 10.9. The molecule has 0 fully saturated rings. The number of benzene rings is 1. The van der Waals surface area contributed by atoms with E-state index in [1.807, 2.05) is 36.5 Å². The van der Waals surface area contributed by atoms with Gasteiger partial charge >= 0.3 is 5.97 Å². The zero-order valence-electron chi connectivity index (χ0n) is 11.0. The van der Waals surface area contributed by atoms with Crippen LogP contribution in [0.1, 0.15) is 16.1 Å². The van der Waals surface area contributed by atoms with Crippen molar-refractivity contribution in [3.05, 3.63) is 60.0 Å². The fourth-order valence-electron chi connectivity index (χ4n) is 2.00. The normalized spacial score (nSPS) is 10.7. The molecule has 0 aliphatic rings. The van der Waals surface area contributed by atoms with Gasteiger partial charge in [-0.1, -0.05) is 18.2 Å². The van der Waals surface area contributed by atoms with Gasteiger partial charge in [-0.2, -0.15) is 10.2 Å². The van der Waals surface area contributed by atoms with E-state index in [2.05, 4.69) is 10.2 Å². The molecular formula is C14H13N5O2. The van der Waals surface area contributed by atoms with E-state index in [9.17, 15) is 4.79 Å². The zero-order valence-corrected chi connectivity index (χ0v) is 11.0. The number of carboxylic acids is 1. The summed E-state index contributed by atoms with van der Waals surface area (Å²) in [6, 6.07) is 11.0. The standard InChI is InChI=1S/C14H13N5O2/c15-13-6-12(14(20)21)17-19(13)9-10-7-16-18(8-10)11-4-2-1-3-5-11/h1-8H,9,15H2,(H,20,21). The molecule has 0 spiro atoms. The van der Waals surface area contributed by atoms with E-state index in [1.165, 1.54) is 10.7 Å². The van der Waals surface area contributed by atoms with Crippen molar-refractivity contribution in [3.8, 4) is 5.69 Å². The highest BCUT2D eigenvalue weighted by Crippen LogP contribution is 2.12. The molecule has 0 atom stereocenters. The number of aromatic nitrogens is 4. The van der Waals surface area contributed by atoms with Crippen molar-refractivity contribution in [1.29, 1.82) is 0 Å². The first kappa shape index (κ1) is 12.9. The number of nitrogen functional groups attached to an aromatic ring is 1. The Morgan fingerprint density at radius 3 is 2.71 bits per heavy atom. The van der Waals surface area contributed by atoms with Gasteiger partial charge in [-0.15, -0.1) is 0 Å². The highest BCUT2D eigenvalue weighted by molar-refractivity contribution is 5.86. The van der Waals surface area contributed by atoms with Gasteiger partial charge in [-0.05, 0) is 12.1 Å². The summed E-state index contributed by atoms with van der Waals surface area (Å²) < 4.78 is 3.18. The molecule has 0 bridgehead atoms. The van der Waals surface area contributed by atoms with Crippen LogP contribution in [0.25, 0.3) is 5.69 Å². The second kappa shape index (κ2) is 5.12. The Balaban J connectivity index is 1.83. The highest BCUT2D eigenvalue weighted by Gasteiger charge is 2.12. The van der Waals surface area contributed by atoms with Crippen molar-refractivity contribution in [2.45, 2.75) is 6.54 Å². The fourth-order valence-corrected chi connectivity index (χ4v) is 2.00. The van der Waals surface area contributed by atoms with Crippen molar-refractivity contribution in [3.63, 3.8) is 0 Å². The predicted octanol–water partition coefficient (Wildman–Crippen LogP) is 1.40. The molecule has 3 rings (SSSR count). The molecule has 0 saturated carbocycles. The van der Waals surface area contributed by atoms with Gasteiger partial charge in [0.15, 0.2) is 5.69 Å². The number of para-hydroxylation sites is 1. The summed E-state index contributed by atoms with van der Waals surface area (Å²) in [6.45, 7) is 0.367. The van der Waals surface area contributed by atoms with Crippen molar-refractivity contribution < 1.29 is 9.90 Å². The molecule has 3 aromatic rings. The highest BCUT2D eigenvalue weighted by atomic mass is 16.4. The van der Waals surface area contributed by atoms with Crippen molar-refractivity contribution in [1.82, 2.24) is 19.6 Å². The van der Waals surface area contributed by atoms with E-state index in [0.29, 0.717) is 12.4 Å². The van der Waals surface area contributed by atoms with Crippen LogP contribution >= 0.6 is 0 Å². The summed E-state index contributed by atoms with van der Waals surface area (Å²) in [5.74, 6) is -0.791. The summed E-state index contributed by atoms with van der Waals surface area (Å²) in [4.78, 5) is 10.9. The number of nitrogens with zero attached hydrogens (tertiary/aromatic N) is 4. The van der Waals surface area contributed by atoms with Crippen LogP contribution in [-0.2, 0) is 6.54 Å². The molecule has 0 unspecified atom stereocenters. The van der Waals surface area contributed by atoms with Gasteiger partial charge < -0.3 is 10.8 Å². The number of aromatic carboxylic acids is 1. The van der Waals surface area contributed by atoms with Gasteiger partial charge in [0.25, 0.3) is 0 Å². The number of carboxylic acid groups (broad SMARTS) is 1. The SMILES string of the molecule is Nc1cc(C(=O)O)nn1Cc1cnn(-c2ccccc2)c1. The van der Waals surface area contributed by atoms with Crippen LogP contribution in [0.15, 0.2) is 48.8 Å². The lowest BCUT2D eigenvalue weighted by atomic mass is 10.3. The third-order valence-corrected chi connectivity index (χ3v) is 3.02. The number of nitrogens with two attached hydrogens (primary N) is 1. The monoisotopic (exact) mass is 283 g/mol. The quantitative estimate of drug-likeness (QED) is 0.754. The molecule has 7 nitrogen and oxygen atoms in total. The lowest BCUT2D eigenvalue weighted by Crippen LogP contribution is -2.06. The summed E-state index contributed by atoms with van der Waals surface area (Å²) in [5.41, 5.74) is 7.52. The van der Waals surface area contributed by atoms with Gasteiger partial charge in [-0.25, -0.2) is 14.2 Å². The minimum Gasteiger partial charge on any atom is -0.476 e. The Labute approximate surface area is 120 Å². The third-order valence-electron chi connectivity index (χ3n) is 3.02. The first-order valence-electron chi connectivity index (χ1n) is 6.29. The van der Waals surface area contributed by atoms with Crippen LogP contribution in [0.2, 0.25) is 0 Å². The first-order valence-corrected chi connectivity index (χ1v) is 6.29. The molecule has 1 aromatic carbocycles. The summed E-state index contributed by atoms with van der Waals surface area (Å²) in [5, 5.41) is 17.1. The van der Waals surface area contributed by atoms with Crippen LogP contribution < -0.4 is 5.73 Å². The van der Waals surface area contributed by atoms with Gasteiger partial charge in [0.2, 0.25) is 0 Å². The lowest BCUT2D eigenvalue weighted by molar-refractivity contribution is 0.0689. The van der Waals surface area contributed by atoms with E-state index < -0.39 is 5.97 Å². The smallest absolute Gasteiger partial charge is 0.356 e. The molecule has 2 heterocycles. The summed E-state index contributed by atoms with van der Waals surface area (Å²) in [7, 11) is 0. The Kier molecular flexibility index (Phi) is 3.15. The predicted molar refractivity (Wildman–Crippen MR) is 76.3 cm³/mol. The average molecular weight is 283 g/mol. The van der Waals surface area contributed by atoms with E-state index in [-0.39, 0.29) is 5.69 Å². The maximum atomic E-state index is 10.9. The average Bonchev–Trinajstić information content (AvgIpc) is 3.08. The summed E-state index contributed by atoms with van der Waals surface area (Å²) in [6.07, 6.45) is 3.56. The van der Waals surface area contributed by atoms with E-state index in [1.54, 1.807) is 10.9 Å². The Morgan fingerprint density at radius 1 is 1.29 bits per heavy atom. The van der Waals surface area contributed by atoms with E-state index in [0.717, 1.165) is 11.3 Å². The minimum atomic E-state index is -1.10. The van der Waals surface area contributed by atoms with Crippen molar-refractivity contribution in [2.24, 2.45) is 0 Å². The Bertz CT molecular complexity index is 776. The molecule has 0 aliphatic carbocycles. The Hall–Kier alpha value is -3.09. The molecular weight excluding hydrogens is 270 g/mol. The molecule has 2 aromatic heterocycles. The fraction of sp³-hybridized carbons (Fsp3) is 0.0714. The third kappa shape index (κ3) is 2.62. The zero-order chi connectivity index (χ0) is 14.8. The van der Waals surface area contributed by atoms with Gasteiger partial charge in [-0.3, -0.25) is 0 Å². The van der Waals surface area contributed by atoms with Crippen LogP contribution in [0.4, 0.5) is 5.82 Å². The molecule has 0 aliphatic heterocycles. The maximum Gasteiger partial charge on any atom is 0.356 e. The molecule has 106 valence electrons.